The van der Waals surface area contributed by atoms with E-state index in [0.29, 0.717) is 0 Å². The molecule has 0 radical (unpaired) electrons. The average Bonchev–Trinajstić information content (AvgIpc) is 2.77. The Bertz CT molecular complexity index is 332. The van der Waals surface area contributed by atoms with Gasteiger partial charge in [-0.05, 0) is 19.1 Å². The standard InChI is InChI=1S/C8H8O.C4H4O/c1-7(9)8-5-3-2-4-6-8;1-2-4-5-3-1/h2-6H,1H3;1-4H. The van der Waals surface area contributed by atoms with Gasteiger partial charge in [0.1, 0.15) is 0 Å². The van der Waals surface area contributed by atoms with E-state index in [1.165, 1.54) is 0 Å². The fourth-order valence-electron chi connectivity index (χ4n) is 0.900. The minimum atomic E-state index is 0.121. The van der Waals surface area contributed by atoms with E-state index in [-0.39, 0.29) is 5.78 Å². The molecule has 0 N–H and O–H groups in total. The fourth-order valence-corrected chi connectivity index (χ4v) is 0.900. The van der Waals surface area contributed by atoms with E-state index in [9.17, 15) is 4.79 Å². The van der Waals surface area contributed by atoms with Gasteiger partial charge in [0.05, 0.1) is 12.5 Å². The number of rotatable bonds is 1. The molecule has 1 heterocycles. The minimum Gasteiger partial charge on any atom is -0.473 e. The molecule has 0 saturated carbocycles. The zero-order valence-corrected chi connectivity index (χ0v) is 8.01. The smallest absolute Gasteiger partial charge is 0.159 e. The van der Waals surface area contributed by atoms with Gasteiger partial charge in [-0.2, -0.15) is 0 Å². The van der Waals surface area contributed by atoms with Crippen LogP contribution in [-0.2, 0) is 0 Å². The molecule has 1 aromatic carbocycles. The van der Waals surface area contributed by atoms with Gasteiger partial charge in [-0.25, -0.2) is 0 Å². The lowest BCUT2D eigenvalue weighted by atomic mass is 10.2. The summed E-state index contributed by atoms with van der Waals surface area (Å²) in [6, 6.07) is 12.9. The van der Waals surface area contributed by atoms with E-state index >= 15 is 0 Å². The van der Waals surface area contributed by atoms with Gasteiger partial charge in [-0.15, -0.1) is 0 Å². The summed E-state index contributed by atoms with van der Waals surface area (Å²) in [6.07, 6.45) is 3.25. The molecule has 2 heteroatoms. The summed E-state index contributed by atoms with van der Waals surface area (Å²) in [5.74, 6) is 0.121. The van der Waals surface area contributed by atoms with Gasteiger partial charge in [0, 0.05) is 5.56 Å². The lowest BCUT2D eigenvalue weighted by molar-refractivity contribution is 0.101. The van der Waals surface area contributed by atoms with Crippen molar-refractivity contribution in [2.75, 3.05) is 0 Å². The third-order valence-corrected chi connectivity index (χ3v) is 1.61. The number of hydrogen-bond donors (Lipinski definition) is 0. The lowest BCUT2D eigenvalue weighted by Gasteiger charge is -1.89. The highest BCUT2D eigenvalue weighted by Gasteiger charge is 1.92. The highest BCUT2D eigenvalue weighted by atomic mass is 16.3. The van der Waals surface area contributed by atoms with Crippen LogP contribution in [0.15, 0.2) is 59.4 Å². The van der Waals surface area contributed by atoms with Crippen LogP contribution < -0.4 is 0 Å². The summed E-state index contributed by atoms with van der Waals surface area (Å²) in [7, 11) is 0. The second-order valence-electron chi connectivity index (χ2n) is 2.72. The highest BCUT2D eigenvalue weighted by molar-refractivity contribution is 5.93. The summed E-state index contributed by atoms with van der Waals surface area (Å²) in [5.41, 5.74) is 0.775. The summed E-state index contributed by atoms with van der Waals surface area (Å²) >= 11 is 0. The molecule has 0 aliphatic carbocycles. The highest BCUT2D eigenvalue weighted by Crippen LogP contribution is 1.97. The van der Waals surface area contributed by atoms with Crippen LogP contribution in [0, 0.1) is 0 Å². The van der Waals surface area contributed by atoms with E-state index in [1.807, 2.05) is 42.5 Å². The van der Waals surface area contributed by atoms with Gasteiger partial charge >= 0.3 is 0 Å². The zero-order valence-electron chi connectivity index (χ0n) is 8.01. The molecule has 2 nitrogen and oxygen atoms in total. The molecule has 0 fully saturated rings. The van der Waals surface area contributed by atoms with E-state index < -0.39 is 0 Å². The Balaban J connectivity index is 0.000000165. The number of carbonyl (C=O) groups excluding carboxylic acids is 1. The van der Waals surface area contributed by atoms with Crippen molar-refractivity contribution in [2.45, 2.75) is 6.92 Å². The van der Waals surface area contributed by atoms with Crippen molar-refractivity contribution < 1.29 is 9.21 Å². The molecular weight excluding hydrogens is 176 g/mol. The molecule has 0 bridgehead atoms. The largest absolute Gasteiger partial charge is 0.473 e. The van der Waals surface area contributed by atoms with Crippen molar-refractivity contribution in [3.05, 3.63) is 60.6 Å². The summed E-state index contributed by atoms with van der Waals surface area (Å²) < 4.78 is 4.58. The van der Waals surface area contributed by atoms with Crippen molar-refractivity contribution in [3.63, 3.8) is 0 Å². The molecule has 0 unspecified atom stereocenters. The van der Waals surface area contributed by atoms with E-state index in [1.54, 1.807) is 19.5 Å². The maximum absolute atomic E-state index is 10.6. The van der Waals surface area contributed by atoms with Crippen molar-refractivity contribution in [1.82, 2.24) is 0 Å². The SMILES string of the molecule is CC(=O)c1ccccc1.c1ccoc1. The number of furan rings is 1. The molecule has 0 aliphatic heterocycles. The normalized spacial score (nSPS) is 8.64. The van der Waals surface area contributed by atoms with E-state index in [4.69, 9.17) is 0 Å². The van der Waals surface area contributed by atoms with Crippen LogP contribution in [0.1, 0.15) is 17.3 Å². The van der Waals surface area contributed by atoms with Crippen molar-refractivity contribution in [3.8, 4) is 0 Å². The first-order valence-electron chi connectivity index (χ1n) is 4.34. The molecule has 0 atom stereocenters. The number of Topliss-reactive ketones (excluding diaryl/α,β-unsaturated/α-hetero) is 1. The van der Waals surface area contributed by atoms with Crippen molar-refractivity contribution in [1.29, 1.82) is 0 Å². The monoisotopic (exact) mass is 188 g/mol. The average molecular weight is 188 g/mol. The summed E-state index contributed by atoms with van der Waals surface area (Å²) in [5, 5.41) is 0. The van der Waals surface area contributed by atoms with Gasteiger partial charge in [0.25, 0.3) is 0 Å². The maximum atomic E-state index is 10.6. The van der Waals surface area contributed by atoms with Crippen LogP contribution in [0.25, 0.3) is 0 Å². The second-order valence-corrected chi connectivity index (χ2v) is 2.72. The third-order valence-electron chi connectivity index (χ3n) is 1.61. The number of benzene rings is 1. The second kappa shape index (κ2) is 5.75. The molecule has 0 amide bonds. The molecule has 14 heavy (non-hydrogen) atoms. The summed E-state index contributed by atoms with van der Waals surface area (Å²) in [4.78, 5) is 10.6. The molecule has 1 aromatic heterocycles. The summed E-state index contributed by atoms with van der Waals surface area (Å²) in [6.45, 7) is 1.56. The topological polar surface area (TPSA) is 30.2 Å². The first kappa shape index (κ1) is 10.3. The Labute approximate surface area is 83.2 Å². The molecule has 0 aliphatic rings. The van der Waals surface area contributed by atoms with Crippen LogP contribution >= 0.6 is 0 Å². The predicted molar refractivity (Wildman–Crippen MR) is 55.2 cm³/mol. The molecule has 0 spiro atoms. The van der Waals surface area contributed by atoms with E-state index in [2.05, 4.69) is 4.42 Å². The third kappa shape index (κ3) is 3.72. The molecule has 0 saturated heterocycles. The van der Waals surface area contributed by atoms with Gasteiger partial charge in [-0.3, -0.25) is 4.79 Å². The minimum absolute atomic E-state index is 0.121. The number of carbonyl (C=O) groups is 1. The van der Waals surface area contributed by atoms with Gasteiger partial charge in [0.2, 0.25) is 0 Å². The molecule has 2 aromatic rings. The molecule has 2 rings (SSSR count). The van der Waals surface area contributed by atoms with Gasteiger partial charge in [0.15, 0.2) is 5.78 Å². The van der Waals surface area contributed by atoms with E-state index in [0.717, 1.165) is 5.56 Å². The fraction of sp³-hybridized carbons (Fsp3) is 0.0833. The molecule has 72 valence electrons. The van der Waals surface area contributed by atoms with Crippen LogP contribution in [0.4, 0.5) is 0 Å². The zero-order chi connectivity index (χ0) is 10.2. The van der Waals surface area contributed by atoms with Crippen molar-refractivity contribution >= 4 is 5.78 Å². The van der Waals surface area contributed by atoms with Gasteiger partial charge in [-0.1, -0.05) is 30.3 Å². The first-order chi connectivity index (χ1) is 6.80. The lowest BCUT2D eigenvalue weighted by Crippen LogP contribution is -1.88. The Kier molecular flexibility index (Phi) is 4.21. The van der Waals surface area contributed by atoms with Crippen LogP contribution in [0.2, 0.25) is 0 Å². The Morgan fingerprint density at radius 2 is 1.57 bits per heavy atom. The van der Waals surface area contributed by atoms with Crippen LogP contribution in [0.5, 0.6) is 0 Å². The Morgan fingerprint density at radius 1 is 1.00 bits per heavy atom. The van der Waals surface area contributed by atoms with Crippen LogP contribution in [0.3, 0.4) is 0 Å². The quantitative estimate of drug-likeness (QED) is 0.643. The predicted octanol–water partition coefficient (Wildman–Crippen LogP) is 3.17. The Hall–Kier alpha value is -1.83. The van der Waals surface area contributed by atoms with Gasteiger partial charge < -0.3 is 4.42 Å². The first-order valence-corrected chi connectivity index (χ1v) is 4.34. The van der Waals surface area contributed by atoms with Crippen LogP contribution in [-0.4, -0.2) is 5.78 Å². The number of hydrogen-bond acceptors (Lipinski definition) is 2. The maximum Gasteiger partial charge on any atom is 0.159 e. The number of ketones is 1. The Morgan fingerprint density at radius 3 is 1.86 bits per heavy atom. The van der Waals surface area contributed by atoms with Crippen molar-refractivity contribution in [2.24, 2.45) is 0 Å². The molecular formula is C12H12O2.